The summed E-state index contributed by atoms with van der Waals surface area (Å²) < 4.78 is 5.06. The number of amides is 2. The van der Waals surface area contributed by atoms with Crippen LogP contribution < -0.4 is 10.6 Å². The van der Waals surface area contributed by atoms with Crippen LogP contribution in [-0.4, -0.2) is 29.7 Å². The fraction of sp³-hybridized carbons (Fsp3) is 0.833. The minimum Gasteiger partial charge on any atom is -0.444 e. The Balaban J connectivity index is 4.12. The Morgan fingerprint density at radius 2 is 1.71 bits per heavy atom. The van der Waals surface area contributed by atoms with Gasteiger partial charge in [-0.25, -0.2) is 4.79 Å². The van der Waals surface area contributed by atoms with Gasteiger partial charge < -0.3 is 15.4 Å². The molecule has 0 saturated heterocycles. The van der Waals surface area contributed by atoms with Gasteiger partial charge in [-0.3, -0.25) is 4.79 Å². The SMILES string of the molecule is CC[C@H](C)NC(=O)[C@H](C)NC(=O)OC(C)(C)C. The van der Waals surface area contributed by atoms with Gasteiger partial charge in [-0.15, -0.1) is 0 Å². The molecule has 5 nitrogen and oxygen atoms in total. The average Bonchev–Trinajstić information content (AvgIpc) is 2.14. The molecule has 0 spiro atoms. The Bertz CT molecular complexity index is 271. The molecule has 0 heterocycles. The molecule has 0 bridgehead atoms. The zero-order chi connectivity index (χ0) is 13.6. The molecule has 2 N–H and O–H groups in total. The van der Waals surface area contributed by atoms with Gasteiger partial charge in [0.15, 0.2) is 0 Å². The van der Waals surface area contributed by atoms with Crippen molar-refractivity contribution >= 4 is 12.0 Å². The van der Waals surface area contributed by atoms with Gasteiger partial charge in [-0.1, -0.05) is 6.92 Å². The number of alkyl carbamates (subject to hydrolysis) is 1. The van der Waals surface area contributed by atoms with Crippen molar-refractivity contribution in [3.63, 3.8) is 0 Å². The van der Waals surface area contributed by atoms with Crippen LogP contribution in [0.1, 0.15) is 48.0 Å². The second-order valence-electron chi connectivity index (χ2n) is 5.19. The summed E-state index contributed by atoms with van der Waals surface area (Å²) >= 11 is 0. The first-order valence-electron chi connectivity index (χ1n) is 5.95. The highest BCUT2D eigenvalue weighted by Crippen LogP contribution is 2.06. The molecule has 2 amide bonds. The minimum absolute atomic E-state index is 0.102. The summed E-state index contributed by atoms with van der Waals surface area (Å²) in [5.41, 5.74) is -0.559. The summed E-state index contributed by atoms with van der Waals surface area (Å²) in [4.78, 5) is 23.0. The van der Waals surface area contributed by atoms with E-state index in [4.69, 9.17) is 4.74 Å². The van der Waals surface area contributed by atoms with Crippen molar-refractivity contribution < 1.29 is 14.3 Å². The van der Waals surface area contributed by atoms with Crippen molar-refractivity contribution in [3.8, 4) is 0 Å². The van der Waals surface area contributed by atoms with Crippen LogP contribution in [-0.2, 0) is 9.53 Å². The van der Waals surface area contributed by atoms with E-state index in [-0.39, 0.29) is 11.9 Å². The highest BCUT2D eigenvalue weighted by atomic mass is 16.6. The second-order valence-corrected chi connectivity index (χ2v) is 5.19. The van der Waals surface area contributed by atoms with Gasteiger partial charge in [0.2, 0.25) is 5.91 Å². The first-order chi connectivity index (χ1) is 7.65. The van der Waals surface area contributed by atoms with Crippen LogP contribution in [0, 0.1) is 0 Å². The monoisotopic (exact) mass is 244 g/mol. The first kappa shape index (κ1) is 15.7. The van der Waals surface area contributed by atoms with Crippen LogP contribution in [0.2, 0.25) is 0 Å². The highest BCUT2D eigenvalue weighted by Gasteiger charge is 2.21. The third kappa shape index (κ3) is 7.60. The molecule has 0 aromatic carbocycles. The number of hydrogen-bond acceptors (Lipinski definition) is 3. The lowest BCUT2D eigenvalue weighted by Crippen LogP contribution is -2.48. The lowest BCUT2D eigenvalue weighted by Gasteiger charge is -2.22. The third-order valence-electron chi connectivity index (χ3n) is 2.13. The van der Waals surface area contributed by atoms with Crippen molar-refractivity contribution in [1.82, 2.24) is 10.6 Å². The summed E-state index contributed by atoms with van der Waals surface area (Å²) in [5, 5.41) is 5.28. The van der Waals surface area contributed by atoms with Crippen LogP contribution in [0.25, 0.3) is 0 Å². The van der Waals surface area contributed by atoms with Crippen LogP contribution in [0.4, 0.5) is 4.79 Å². The predicted molar refractivity (Wildman–Crippen MR) is 66.7 cm³/mol. The van der Waals surface area contributed by atoms with E-state index in [0.717, 1.165) is 6.42 Å². The Morgan fingerprint density at radius 1 is 1.18 bits per heavy atom. The van der Waals surface area contributed by atoms with Gasteiger partial charge in [0, 0.05) is 6.04 Å². The molecule has 0 aromatic heterocycles. The fourth-order valence-electron chi connectivity index (χ4n) is 1.02. The quantitative estimate of drug-likeness (QED) is 0.792. The normalized spacial score (nSPS) is 14.7. The molecule has 2 atom stereocenters. The van der Waals surface area contributed by atoms with Crippen molar-refractivity contribution in [2.24, 2.45) is 0 Å². The lowest BCUT2D eigenvalue weighted by atomic mass is 10.2. The zero-order valence-electron chi connectivity index (χ0n) is 11.6. The number of nitrogens with one attached hydrogen (secondary N) is 2. The molecule has 0 aromatic rings. The maximum absolute atomic E-state index is 11.6. The van der Waals surface area contributed by atoms with Crippen LogP contribution in [0.3, 0.4) is 0 Å². The van der Waals surface area contributed by atoms with Gasteiger partial charge in [0.1, 0.15) is 11.6 Å². The van der Waals surface area contributed by atoms with E-state index < -0.39 is 17.7 Å². The number of ether oxygens (including phenoxy) is 1. The summed E-state index contributed by atoms with van der Waals surface area (Å²) in [5.74, 6) is -0.204. The van der Waals surface area contributed by atoms with Crippen LogP contribution >= 0.6 is 0 Å². The Hall–Kier alpha value is -1.26. The van der Waals surface area contributed by atoms with Crippen molar-refractivity contribution in [2.75, 3.05) is 0 Å². The van der Waals surface area contributed by atoms with E-state index in [1.165, 1.54) is 0 Å². The molecule has 0 unspecified atom stereocenters. The minimum atomic E-state index is -0.598. The number of carbonyl (C=O) groups is 2. The topological polar surface area (TPSA) is 67.4 Å². The van der Waals surface area contributed by atoms with Gasteiger partial charge >= 0.3 is 6.09 Å². The molecule has 100 valence electrons. The maximum atomic E-state index is 11.6. The van der Waals surface area contributed by atoms with E-state index in [2.05, 4.69) is 10.6 Å². The molecule has 0 radical (unpaired) electrons. The summed E-state index contributed by atoms with van der Waals surface area (Å²) in [6, 6.07) is -0.496. The molecule has 0 rings (SSSR count). The summed E-state index contributed by atoms with van der Waals surface area (Å²) in [7, 11) is 0. The van der Waals surface area contributed by atoms with Crippen molar-refractivity contribution in [2.45, 2.75) is 65.6 Å². The number of hydrogen-bond donors (Lipinski definition) is 2. The van der Waals surface area contributed by atoms with E-state index in [1.807, 2.05) is 13.8 Å². The van der Waals surface area contributed by atoms with Crippen LogP contribution in [0.15, 0.2) is 0 Å². The van der Waals surface area contributed by atoms with Gasteiger partial charge in [0.25, 0.3) is 0 Å². The molecule has 5 heteroatoms. The van der Waals surface area contributed by atoms with Gasteiger partial charge in [-0.2, -0.15) is 0 Å². The molecule has 0 saturated carbocycles. The average molecular weight is 244 g/mol. The predicted octanol–water partition coefficient (Wildman–Crippen LogP) is 1.81. The first-order valence-corrected chi connectivity index (χ1v) is 5.95. The fourth-order valence-corrected chi connectivity index (χ4v) is 1.02. The third-order valence-corrected chi connectivity index (χ3v) is 2.13. The Kier molecular flexibility index (Phi) is 5.99. The zero-order valence-corrected chi connectivity index (χ0v) is 11.6. The van der Waals surface area contributed by atoms with E-state index in [0.29, 0.717) is 0 Å². The lowest BCUT2D eigenvalue weighted by molar-refractivity contribution is -0.123. The molecule has 0 aliphatic heterocycles. The highest BCUT2D eigenvalue weighted by molar-refractivity contribution is 5.85. The van der Waals surface area contributed by atoms with E-state index >= 15 is 0 Å². The van der Waals surface area contributed by atoms with E-state index in [1.54, 1.807) is 27.7 Å². The molecule has 17 heavy (non-hydrogen) atoms. The molecule has 0 aliphatic rings. The standard InChI is InChI=1S/C12H24N2O3/c1-7-8(2)13-10(15)9(3)14-11(16)17-12(4,5)6/h8-9H,7H2,1-6H3,(H,13,15)(H,14,16)/t8-,9-/m0/s1. The number of rotatable bonds is 4. The van der Waals surface area contributed by atoms with Gasteiger partial charge in [-0.05, 0) is 41.0 Å². The Labute approximate surface area is 103 Å². The van der Waals surface area contributed by atoms with Gasteiger partial charge in [0.05, 0.1) is 0 Å². The van der Waals surface area contributed by atoms with Crippen molar-refractivity contribution in [1.29, 1.82) is 0 Å². The molecular weight excluding hydrogens is 220 g/mol. The molecular formula is C12H24N2O3. The van der Waals surface area contributed by atoms with E-state index in [9.17, 15) is 9.59 Å². The number of carbonyl (C=O) groups excluding carboxylic acids is 2. The molecule has 0 fully saturated rings. The smallest absolute Gasteiger partial charge is 0.408 e. The van der Waals surface area contributed by atoms with Crippen molar-refractivity contribution in [3.05, 3.63) is 0 Å². The maximum Gasteiger partial charge on any atom is 0.408 e. The largest absolute Gasteiger partial charge is 0.444 e. The van der Waals surface area contributed by atoms with Crippen LogP contribution in [0.5, 0.6) is 0 Å². The second kappa shape index (κ2) is 6.47. The summed E-state index contributed by atoms with van der Waals surface area (Å²) in [6.45, 7) is 10.8. The summed E-state index contributed by atoms with van der Waals surface area (Å²) in [6.07, 6.45) is 0.273. The Morgan fingerprint density at radius 3 is 2.12 bits per heavy atom. The molecule has 0 aliphatic carbocycles.